The second-order valence-electron chi connectivity index (χ2n) is 7.27. The van der Waals surface area contributed by atoms with Gasteiger partial charge < -0.3 is 19.5 Å². The van der Waals surface area contributed by atoms with Crippen LogP contribution < -0.4 is 14.8 Å². The molecule has 1 heterocycles. The lowest BCUT2D eigenvalue weighted by atomic mass is 10.0. The van der Waals surface area contributed by atoms with Crippen LogP contribution in [0.15, 0.2) is 36.4 Å². The van der Waals surface area contributed by atoms with Crippen LogP contribution in [0.4, 0.5) is 18.0 Å². The van der Waals surface area contributed by atoms with Gasteiger partial charge in [0.15, 0.2) is 5.75 Å². The maximum absolute atomic E-state index is 13.8. The van der Waals surface area contributed by atoms with Gasteiger partial charge in [-0.3, -0.25) is 0 Å². The minimum absolute atomic E-state index is 0.170. The fourth-order valence-electron chi connectivity index (χ4n) is 3.45. The van der Waals surface area contributed by atoms with Gasteiger partial charge in [0.2, 0.25) is 6.10 Å². The monoisotopic (exact) mass is 448 g/mol. The van der Waals surface area contributed by atoms with Crippen LogP contribution >= 0.6 is 0 Å². The molecule has 1 amide bonds. The van der Waals surface area contributed by atoms with Crippen LogP contribution in [0, 0.1) is 20.8 Å². The lowest BCUT2D eigenvalue weighted by Crippen LogP contribution is -2.30. The first kappa shape index (κ1) is 23.2. The predicted octanol–water partition coefficient (Wildman–Crippen LogP) is 5.92. The number of hydrogen-bond acceptors (Lipinski definition) is 5. The van der Waals surface area contributed by atoms with E-state index in [0.717, 1.165) is 11.1 Å². The van der Waals surface area contributed by atoms with Crippen LogP contribution in [0.2, 0.25) is 0 Å². The fraction of sp³-hybridized carbons (Fsp3) is 0.304. The number of nitrogens with zero attached hydrogens (tertiary/aromatic N) is 1. The molecule has 0 aliphatic carbocycles. The first-order valence-electron chi connectivity index (χ1n) is 9.73. The Hall–Kier alpha value is -3.49. The Balaban J connectivity index is 2.17. The molecule has 0 saturated heterocycles. The third-order valence-electron chi connectivity index (χ3n) is 4.85. The van der Waals surface area contributed by atoms with Gasteiger partial charge in [-0.1, -0.05) is 12.1 Å². The number of methoxy groups -OCH3 is 1. The number of hydrogen-bond donors (Lipinski definition) is 1. The lowest BCUT2D eigenvalue weighted by Gasteiger charge is -2.23. The number of aromatic nitrogens is 1. The zero-order chi connectivity index (χ0) is 23.6. The standard InChI is InChI=1S/C23H23F3N2O4/c1-12-9-15(30-5)10-13(2)20(12)31-18-8-6-7-16-17(11-14(3)28-19(16)18)21(23(24,25)26)32-22(29)27-4/h6-11,21H,1-5H3,(H,27,29). The van der Waals surface area contributed by atoms with E-state index < -0.39 is 18.4 Å². The lowest BCUT2D eigenvalue weighted by molar-refractivity contribution is -0.206. The number of alkyl carbamates (subject to hydrolysis) is 1. The number of carbonyl (C=O) groups is 1. The van der Waals surface area contributed by atoms with E-state index in [1.54, 1.807) is 38.3 Å². The van der Waals surface area contributed by atoms with E-state index in [1.165, 1.54) is 19.2 Å². The van der Waals surface area contributed by atoms with Crippen molar-refractivity contribution in [3.63, 3.8) is 0 Å². The van der Waals surface area contributed by atoms with Gasteiger partial charge in [0.1, 0.15) is 17.0 Å². The zero-order valence-electron chi connectivity index (χ0n) is 18.3. The largest absolute Gasteiger partial charge is 0.497 e. The molecule has 170 valence electrons. The highest BCUT2D eigenvalue weighted by Gasteiger charge is 2.45. The number of amides is 1. The maximum Gasteiger partial charge on any atom is 0.429 e. The van der Waals surface area contributed by atoms with Gasteiger partial charge in [0.05, 0.1) is 7.11 Å². The molecule has 0 bridgehead atoms. The van der Waals surface area contributed by atoms with E-state index in [-0.39, 0.29) is 22.2 Å². The second kappa shape index (κ2) is 8.94. The van der Waals surface area contributed by atoms with Gasteiger partial charge in [-0.05, 0) is 56.2 Å². The van der Waals surface area contributed by atoms with E-state index in [1.807, 2.05) is 13.8 Å². The van der Waals surface area contributed by atoms with Crippen LogP contribution in [-0.4, -0.2) is 31.4 Å². The molecule has 6 nitrogen and oxygen atoms in total. The van der Waals surface area contributed by atoms with Gasteiger partial charge in [-0.15, -0.1) is 0 Å². The number of fused-ring (bicyclic) bond motifs is 1. The Morgan fingerprint density at radius 1 is 1.09 bits per heavy atom. The molecule has 0 radical (unpaired) electrons. The molecule has 0 fully saturated rings. The molecule has 9 heteroatoms. The summed E-state index contributed by atoms with van der Waals surface area (Å²) in [6.07, 6.45) is -8.48. The van der Waals surface area contributed by atoms with Crippen molar-refractivity contribution in [1.82, 2.24) is 10.3 Å². The van der Waals surface area contributed by atoms with E-state index in [2.05, 4.69) is 15.0 Å². The molecule has 0 saturated carbocycles. The van der Waals surface area contributed by atoms with Gasteiger partial charge in [0.25, 0.3) is 0 Å². The Labute approximate surface area is 183 Å². The summed E-state index contributed by atoms with van der Waals surface area (Å²) in [4.78, 5) is 16.0. The average molecular weight is 448 g/mol. The van der Waals surface area contributed by atoms with E-state index in [0.29, 0.717) is 17.2 Å². The SMILES string of the molecule is CNC(=O)OC(c1cc(C)nc2c(Oc3c(C)cc(OC)cc3C)cccc12)C(F)(F)F. The van der Waals surface area contributed by atoms with Crippen LogP contribution in [-0.2, 0) is 4.74 Å². The third-order valence-corrected chi connectivity index (χ3v) is 4.85. The molecule has 1 atom stereocenters. The minimum Gasteiger partial charge on any atom is -0.497 e. The summed E-state index contributed by atoms with van der Waals surface area (Å²) >= 11 is 0. The van der Waals surface area contributed by atoms with Gasteiger partial charge >= 0.3 is 12.3 Å². The van der Waals surface area contributed by atoms with E-state index in [9.17, 15) is 18.0 Å². The summed E-state index contributed by atoms with van der Waals surface area (Å²) < 4.78 is 57.5. The maximum atomic E-state index is 13.8. The Morgan fingerprint density at radius 2 is 1.75 bits per heavy atom. The molecule has 0 aliphatic rings. The summed E-state index contributed by atoms with van der Waals surface area (Å²) in [6, 6.07) is 9.55. The number of halogens is 3. The van der Waals surface area contributed by atoms with Crippen molar-refractivity contribution in [2.24, 2.45) is 0 Å². The highest BCUT2D eigenvalue weighted by molar-refractivity contribution is 5.88. The summed E-state index contributed by atoms with van der Waals surface area (Å²) in [5, 5.41) is 2.22. The van der Waals surface area contributed by atoms with Gasteiger partial charge in [-0.2, -0.15) is 13.2 Å². The number of pyridine rings is 1. The molecule has 0 aliphatic heterocycles. The van der Waals surface area contributed by atoms with Crippen molar-refractivity contribution in [3.8, 4) is 17.2 Å². The first-order valence-corrected chi connectivity index (χ1v) is 9.73. The minimum atomic E-state index is -4.83. The number of ether oxygens (including phenoxy) is 3. The predicted molar refractivity (Wildman–Crippen MR) is 113 cm³/mol. The summed E-state index contributed by atoms with van der Waals surface area (Å²) in [6.45, 7) is 5.25. The molecular weight excluding hydrogens is 425 g/mol. The van der Waals surface area contributed by atoms with Crippen molar-refractivity contribution >= 4 is 17.0 Å². The topological polar surface area (TPSA) is 69.7 Å². The summed E-state index contributed by atoms with van der Waals surface area (Å²) in [5.74, 6) is 1.50. The van der Waals surface area contributed by atoms with E-state index in [4.69, 9.17) is 9.47 Å². The number of aryl methyl sites for hydroxylation is 3. The molecule has 32 heavy (non-hydrogen) atoms. The molecule has 0 spiro atoms. The molecule has 2 aromatic carbocycles. The van der Waals surface area contributed by atoms with Crippen LogP contribution in [0.25, 0.3) is 10.9 Å². The molecule has 3 rings (SSSR count). The normalized spacial score (nSPS) is 12.4. The number of alkyl halides is 3. The Bertz CT molecular complexity index is 1140. The average Bonchev–Trinajstić information content (AvgIpc) is 2.73. The number of carbonyl (C=O) groups excluding carboxylic acids is 1. The quantitative estimate of drug-likeness (QED) is 0.525. The van der Waals surface area contributed by atoms with E-state index >= 15 is 0 Å². The molecular formula is C23H23F3N2O4. The van der Waals surface area contributed by atoms with Gasteiger partial charge in [0, 0.05) is 23.7 Å². The van der Waals surface area contributed by atoms with Crippen molar-refractivity contribution < 1.29 is 32.2 Å². The fourth-order valence-corrected chi connectivity index (χ4v) is 3.45. The number of rotatable bonds is 5. The third kappa shape index (κ3) is 4.71. The van der Waals surface area contributed by atoms with Crippen molar-refractivity contribution in [2.45, 2.75) is 33.1 Å². The Kier molecular flexibility index (Phi) is 6.47. The van der Waals surface area contributed by atoms with Crippen molar-refractivity contribution in [2.75, 3.05) is 14.2 Å². The highest BCUT2D eigenvalue weighted by atomic mass is 19.4. The zero-order valence-corrected chi connectivity index (χ0v) is 18.3. The first-order chi connectivity index (χ1) is 15.0. The molecule has 1 aromatic heterocycles. The van der Waals surface area contributed by atoms with Crippen molar-refractivity contribution in [1.29, 1.82) is 0 Å². The number of nitrogens with one attached hydrogen (secondary N) is 1. The highest BCUT2D eigenvalue weighted by Crippen LogP contribution is 2.42. The molecule has 1 unspecified atom stereocenters. The molecule has 3 aromatic rings. The number of para-hydroxylation sites is 1. The van der Waals surface area contributed by atoms with Crippen LogP contribution in [0.1, 0.15) is 28.5 Å². The van der Waals surface area contributed by atoms with Gasteiger partial charge in [-0.25, -0.2) is 9.78 Å². The summed E-state index contributed by atoms with van der Waals surface area (Å²) in [7, 11) is 2.75. The van der Waals surface area contributed by atoms with Crippen LogP contribution in [0.3, 0.4) is 0 Å². The Morgan fingerprint density at radius 3 is 2.31 bits per heavy atom. The number of benzene rings is 2. The second-order valence-corrected chi connectivity index (χ2v) is 7.27. The smallest absolute Gasteiger partial charge is 0.429 e. The molecule has 1 N–H and O–H groups in total. The van der Waals surface area contributed by atoms with Crippen LogP contribution in [0.5, 0.6) is 17.2 Å². The van der Waals surface area contributed by atoms with Crippen molar-refractivity contribution in [3.05, 3.63) is 58.8 Å². The summed E-state index contributed by atoms with van der Waals surface area (Å²) in [5.41, 5.74) is 1.91.